The molecule has 0 aromatic heterocycles. The van der Waals surface area contributed by atoms with E-state index in [4.69, 9.17) is 9.84 Å². The maximum absolute atomic E-state index is 11.7. The van der Waals surface area contributed by atoms with Crippen LogP contribution in [0.25, 0.3) is 0 Å². The number of hydrogen-bond acceptors (Lipinski definition) is 4. The van der Waals surface area contributed by atoms with Gasteiger partial charge >= 0.3 is 5.97 Å². The van der Waals surface area contributed by atoms with Gasteiger partial charge in [0.25, 0.3) is 0 Å². The normalized spacial score (nSPS) is 10.8. The van der Waals surface area contributed by atoms with E-state index in [1.54, 1.807) is 0 Å². The average molecular weight is 414 g/mol. The maximum Gasteiger partial charge on any atom is 0.305 e. The Hall–Kier alpha value is -1.10. The third-order valence-corrected chi connectivity index (χ3v) is 5.24. The van der Waals surface area contributed by atoms with Crippen molar-refractivity contribution in [3.8, 4) is 0 Å². The van der Waals surface area contributed by atoms with Crippen LogP contribution >= 0.6 is 0 Å². The van der Waals surface area contributed by atoms with Gasteiger partial charge < -0.3 is 15.2 Å². The minimum Gasteiger partial charge on any atom is -0.463 e. The van der Waals surface area contributed by atoms with Gasteiger partial charge in [0.2, 0.25) is 5.91 Å². The number of nitrogens with one attached hydrogen (secondary N) is 1. The number of ether oxygens (including phenoxy) is 1. The average Bonchev–Trinajstić information content (AvgIpc) is 2.72. The van der Waals surface area contributed by atoms with Crippen LogP contribution in [0.15, 0.2) is 0 Å². The van der Waals surface area contributed by atoms with Crippen LogP contribution in [0.3, 0.4) is 0 Å². The molecule has 0 atom stereocenters. The highest BCUT2D eigenvalue weighted by molar-refractivity contribution is 5.75. The minimum absolute atomic E-state index is 0.0460. The summed E-state index contributed by atoms with van der Waals surface area (Å²) < 4.78 is 4.76. The first-order valence-electron chi connectivity index (χ1n) is 12.2. The third-order valence-electron chi connectivity index (χ3n) is 5.24. The molecule has 0 aliphatic rings. The molecule has 0 saturated carbocycles. The molecule has 0 saturated heterocycles. The van der Waals surface area contributed by atoms with Crippen LogP contribution in [0.4, 0.5) is 0 Å². The molecule has 1 amide bonds. The van der Waals surface area contributed by atoms with Gasteiger partial charge in [-0.2, -0.15) is 0 Å². The highest BCUT2D eigenvalue weighted by Crippen LogP contribution is 2.13. The number of rotatable bonds is 22. The van der Waals surface area contributed by atoms with E-state index in [1.807, 2.05) is 0 Å². The lowest BCUT2D eigenvalue weighted by Crippen LogP contribution is -2.24. The van der Waals surface area contributed by atoms with Crippen molar-refractivity contribution in [3.05, 3.63) is 0 Å². The molecule has 5 nitrogen and oxygen atoms in total. The van der Waals surface area contributed by atoms with Crippen LogP contribution in [-0.2, 0) is 14.3 Å². The molecular formula is C24H47NO4. The predicted octanol–water partition coefficient (Wildman–Crippen LogP) is 5.68. The maximum atomic E-state index is 11.7. The van der Waals surface area contributed by atoms with Crippen LogP contribution in [0.1, 0.15) is 122 Å². The number of carbonyl (C=O) groups is 2. The number of hydrogen-bond donors (Lipinski definition) is 2. The van der Waals surface area contributed by atoms with E-state index in [-0.39, 0.29) is 31.5 Å². The van der Waals surface area contributed by atoms with Gasteiger partial charge in [0.1, 0.15) is 6.61 Å². The zero-order valence-electron chi connectivity index (χ0n) is 19.0. The van der Waals surface area contributed by atoms with Crippen LogP contribution in [0.5, 0.6) is 0 Å². The van der Waals surface area contributed by atoms with Crippen LogP contribution in [0, 0.1) is 0 Å². The lowest BCUT2D eigenvalue weighted by atomic mass is 10.0. The van der Waals surface area contributed by atoms with Crippen LogP contribution in [0.2, 0.25) is 0 Å². The Bertz CT molecular complexity index is 374. The second-order valence-corrected chi connectivity index (χ2v) is 8.10. The standard InChI is InChI=1S/C24H47NO4/c1-2-3-4-5-6-7-8-9-10-11-12-13-14-15-16-18-23(27)25-20-17-19-24(28)29-22-21-26/h26H,2-22H2,1H3,(H,25,27). The Labute approximate surface area is 179 Å². The van der Waals surface area contributed by atoms with Crippen molar-refractivity contribution in [2.45, 2.75) is 122 Å². The van der Waals surface area contributed by atoms with E-state index in [9.17, 15) is 9.59 Å². The summed E-state index contributed by atoms with van der Waals surface area (Å²) in [6.07, 6.45) is 21.3. The van der Waals surface area contributed by atoms with Gasteiger partial charge in [-0.15, -0.1) is 0 Å². The third kappa shape index (κ3) is 23.0. The molecule has 0 unspecified atom stereocenters. The first kappa shape index (κ1) is 27.9. The zero-order chi connectivity index (χ0) is 21.4. The van der Waals surface area contributed by atoms with Crippen molar-refractivity contribution in [1.29, 1.82) is 0 Å². The summed E-state index contributed by atoms with van der Waals surface area (Å²) in [5.41, 5.74) is 0. The van der Waals surface area contributed by atoms with E-state index >= 15 is 0 Å². The van der Waals surface area contributed by atoms with E-state index < -0.39 is 0 Å². The smallest absolute Gasteiger partial charge is 0.305 e. The highest BCUT2D eigenvalue weighted by Gasteiger charge is 2.04. The fraction of sp³-hybridized carbons (Fsp3) is 0.917. The molecule has 0 bridgehead atoms. The summed E-state index contributed by atoms with van der Waals surface area (Å²) in [5.74, 6) is -0.251. The molecule has 0 aromatic carbocycles. The fourth-order valence-electron chi connectivity index (χ4n) is 3.44. The summed E-state index contributed by atoms with van der Waals surface area (Å²) in [4.78, 5) is 23.0. The first-order chi connectivity index (χ1) is 14.2. The summed E-state index contributed by atoms with van der Waals surface area (Å²) >= 11 is 0. The SMILES string of the molecule is CCCCCCCCCCCCCCCCCC(=O)NCCCC(=O)OCCO. The van der Waals surface area contributed by atoms with Crippen molar-refractivity contribution < 1.29 is 19.4 Å². The Morgan fingerprint density at radius 3 is 1.66 bits per heavy atom. The van der Waals surface area contributed by atoms with Crippen molar-refractivity contribution in [2.24, 2.45) is 0 Å². The lowest BCUT2D eigenvalue weighted by Gasteiger charge is -2.06. The molecule has 0 spiro atoms. The van der Waals surface area contributed by atoms with Gasteiger partial charge in [0.15, 0.2) is 0 Å². The van der Waals surface area contributed by atoms with Crippen LogP contribution < -0.4 is 5.32 Å². The molecule has 0 radical (unpaired) electrons. The number of carbonyl (C=O) groups excluding carboxylic acids is 2. The monoisotopic (exact) mass is 413 g/mol. The van der Waals surface area contributed by atoms with Crippen LogP contribution in [-0.4, -0.2) is 36.7 Å². The molecule has 0 heterocycles. The molecule has 0 aliphatic heterocycles. The molecule has 0 aromatic rings. The van der Waals surface area contributed by atoms with Crippen molar-refractivity contribution in [2.75, 3.05) is 19.8 Å². The summed E-state index contributed by atoms with van der Waals surface area (Å²) in [6.45, 7) is 2.67. The summed E-state index contributed by atoms with van der Waals surface area (Å²) in [6, 6.07) is 0. The molecule has 29 heavy (non-hydrogen) atoms. The van der Waals surface area contributed by atoms with Crippen molar-refractivity contribution >= 4 is 11.9 Å². The molecule has 0 rings (SSSR count). The molecule has 0 fully saturated rings. The molecule has 5 heteroatoms. The van der Waals surface area contributed by atoms with E-state index in [2.05, 4.69) is 12.2 Å². The molecule has 2 N–H and O–H groups in total. The largest absolute Gasteiger partial charge is 0.463 e. The van der Waals surface area contributed by atoms with Gasteiger partial charge in [-0.1, -0.05) is 96.8 Å². The van der Waals surface area contributed by atoms with E-state index in [0.717, 1.165) is 12.8 Å². The predicted molar refractivity (Wildman–Crippen MR) is 120 cm³/mol. The molecule has 0 aliphatic carbocycles. The second-order valence-electron chi connectivity index (χ2n) is 8.10. The number of unbranched alkanes of at least 4 members (excludes halogenated alkanes) is 14. The number of aliphatic hydroxyl groups excluding tert-OH is 1. The number of aliphatic hydroxyl groups is 1. The van der Waals surface area contributed by atoms with Gasteiger partial charge in [0.05, 0.1) is 6.61 Å². The van der Waals surface area contributed by atoms with Gasteiger partial charge in [-0.3, -0.25) is 9.59 Å². The number of amides is 1. The van der Waals surface area contributed by atoms with Crippen molar-refractivity contribution in [1.82, 2.24) is 5.32 Å². The molecule has 172 valence electrons. The minimum atomic E-state index is -0.323. The Morgan fingerprint density at radius 2 is 1.17 bits per heavy atom. The quantitative estimate of drug-likeness (QED) is 0.177. The Balaban J connectivity index is 3.20. The highest BCUT2D eigenvalue weighted by atomic mass is 16.5. The van der Waals surface area contributed by atoms with Gasteiger partial charge in [-0.05, 0) is 12.8 Å². The van der Waals surface area contributed by atoms with Gasteiger partial charge in [0, 0.05) is 19.4 Å². The Morgan fingerprint density at radius 1 is 0.690 bits per heavy atom. The van der Waals surface area contributed by atoms with Gasteiger partial charge in [-0.25, -0.2) is 0 Å². The zero-order valence-corrected chi connectivity index (χ0v) is 19.0. The second kappa shape index (κ2) is 23.2. The molecular weight excluding hydrogens is 366 g/mol. The summed E-state index contributed by atoms with van der Waals surface area (Å²) in [7, 11) is 0. The lowest BCUT2D eigenvalue weighted by molar-refractivity contribution is -0.144. The summed E-state index contributed by atoms with van der Waals surface area (Å²) in [5, 5.41) is 11.4. The Kier molecular flexibility index (Phi) is 22.3. The van der Waals surface area contributed by atoms with E-state index in [1.165, 1.54) is 83.5 Å². The first-order valence-corrected chi connectivity index (χ1v) is 12.2. The number of esters is 1. The van der Waals surface area contributed by atoms with E-state index in [0.29, 0.717) is 19.4 Å². The van der Waals surface area contributed by atoms with Crippen molar-refractivity contribution in [3.63, 3.8) is 0 Å². The topological polar surface area (TPSA) is 75.6 Å². The fourth-order valence-corrected chi connectivity index (χ4v) is 3.44.